The average Bonchev–Trinajstić information content (AvgIpc) is 3.38. The number of rotatable bonds is 5. The number of aryl methyl sites for hydroxylation is 2. The van der Waals surface area contributed by atoms with Gasteiger partial charge in [0.1, 0.15) is 5.82 Å². The molecule has 3 aromatic rings. The summed E-state index contributed by atoms with van der Waals surface area (Å²) in [7, 11) is 0. The van der Waals surface area contributed by atoms with Crippen molar-refractivity contribution in [1.82, 2.24) is 19.4 Å². The van der Waals surface area contributed by atoms with Gasteiger partial charge in [0, 0.05) is 54.4 Å². The van der Waals surface area contributed by atoms with Gasteiger partial charge in [0.05, 0.1) is 6.04 Å². The molecule has 28 heavy (non-hydrogen) atoms. The summed E-state index contributed by atoms with van der Waals surface area (Å²) in [6, 6.07) is 8.69. The lowest BCUT2D eigenvalue weighted by Crippen LogP contribution is -2.41. The number of hydrogen-bond donors (Lipinski definition) is 1. The Morgan fingerprint density at radius 2 is 2.11 bits per heavy atom. The number of benzene rings is 1. The van der Waals surface area contributed by atoms with E-state index in [-0.39, 0.29) is 5.91 Å². The second kappa shape index (κ2) is 7.12. The van der Waals surface area contributed by atoms with E-state index in [9.17, 15) is 4.79 Å². The van der Waals surface area contributed by atoms with Gasteiger partial charge in [-0.25, -0.2) is 4.98 Å². The Labute approximate surface area is 165 Å². The molecule has 0 bridgehead atoms. The zero-order chi connectivity index (χ0) is 19.1. The first-order valence-corrected chi connectivity index (χ1v) is 10.6. The van der Waals surface area contributed by atoms with E-state index in [2.05, 4.69) is 44.6 Å². The molecule has 0 spiro atoms. The van der Waals surface area contributed by atoms with Crippen LogP contribution in [0.4, 0.5) is 0 Å². The van der Waals surface area contributed by atoms with Crippen molar-refractivity contribution in [2.24, 2.45) is 0 Å². The fourth-order valence-electron chi connectivity index (χ4n) is 4.71. The van der Waals surface area contributed by atoms with Crippen molar-refractivity contribution in [3.05, 3.63) is 53.7 Å². The Balaban J connectivity index is 1.26. The summed E-state index contributed by atoms with van der Waals surface area (Å²) >= 11 is 0. The van der Waals surface area contributed by atoms with Crippen LogP contribution in [0.5, 0.6) is 0 Å². The molecule has 1 aliphatic heterocycles. The molecule has 3 heterocycles. The number of para-hydroxylation sites is 1. The Bertz CT molecular complexity index is 997. The van der Waals surface area contributed by atoms with E-state index < -0.39 is 0 Å². The number of aromatic nitrogens is 3. The normalized spacial score (nSPS) is 20.0. The summed E-state index contributed by atoms with van der Waals surface area (Å²) in [6.45, 7) is 3.86. The van der Waals surface area contributed by atoms with Crippen LogP contribution in [0.3, 0.4) is 0 Å². The molecule has 2 fully saturated rings. The SMILES string of the molecule is Cc1cnc(C2CC2)n1C1CCCN(C(=O)CCc2c[nH]c3ccccc23)C1. The number of carbonyl (C=O) groups is 1. The number of carbonyl (C=O) groups excluding carboxylic acids is 1. The smallest absolute Gasteiger partial charge is 0.222 e. The molecule has 1 aromatic carbocycles. The Morgan fingerprint density at radius 1 is 1.25 bits per heavy atom. The third kappa shape index (κ3) is 3.23. The number of H-pyrrole nitrogens is 1. The van der Waals surface area contributed by atoms with Gasteiger partial charge in [0.15, 0.2) is 0 Å². The zero-order valence-electron chi connectivity index (χ0n) is 16.5. The van der Waals surface area contributed by atoms with Gasteiger partial charge in [-0.1, -0.05) is 18.2 Å². The summed E-state index contributed by atoms with van der Waals surface area (Å²) in [4.78, 5) is 23.0. The highest BCUT2D eigenvalue weighted by molar-refractivity contribution is 5.84. The molecule has 0 radical (unpaired) electrons. The van der Waals surface area contributed by atoms with Crippen LogP contribution < -0.4 is 0 Å². The number of amides is 1. The lowest BCUT2D eigenvalue weighted by Gasteiger charge is -2.35. The number of likely N-dealkylation sites (tertiary alicyclic amines) is 1. The molecular weight excluding hydrogens is 348 g/mol. The van der Waals surface area contributed by atoms with Crippen LogP contribution in [0.1, 0.15) is 61.1 Å². The average molecular weight is 377 g/mol. The molecule has 5 rings (SSSR count). The van der Waals surface area contributed by atoms with Crippen LogP contribution in [0.2, 0.25) is 0 Å². The maximum absolute atomic E-state index is 13.0. The first-order valence-electron chi connectivity index (χ1n) is 10.6. The van der Waals surface area contributed by atoms with Crippen LogP contribution in [0, 0.1) is 6.92 Å². The van der Waals surface area contributed by atoms with E-state index in [0.29, 0.717) is 18.4 Å². The van der Waals surface area contributed by atoms with Crippen LogP contribution in [0.25, 0.3) is 10.9 Å². The summed E-state index contributed by atoms with van der Waals surface area (Å²) in [5.74, 6) is 2.16. The highest BCUT2D eigenvalue weighted by atomic mass is 16.2. The molecular formula is C23H28N4O. The van der Waals surface area contributed by atoms with Crippen LogP contribution in [-0.2, 0) is 11.2 Å². The number of hydrogen-bond acceptors (Lipinski definition) is 2. The number of nitrogens with zero attached hydrogens (tertiary/aromatic N) is 3. The summed E-state index contributed by atoms with van der Waals surface area (Å²) < 4.78 is 2.43. The van der Waals surface area contributed by atoms with E-state index in [1.165, 1.54) is 35.3 Å². The highest BCUT2D eigenvalue weighted by Crippen LogP contribution is 2.41. The van der Waals surface area contributed by atoms with Gasteiger partial charge < -0.3 is 14.5 Å². The van der Waals surface area contributed by atoms with E-state index in [0.717, 1.165) is 37.9 Å². The summed E-state index contributed by atoms with van der Waals surface area (Å²) in [6.07, 6.45) is 10.2. The molecule has 146 valence electrons. The summed E-state index contributed by atoms with van der Waals surface area (Å²) in [5.41, 5.74) is 3.62. The maximum Gasteiger partial charge on any atom is 0.222 e. The van der Waals surface area contributed by atoms with Crippen molar-refractivity contribution in [3.8, 4) is 0 Å². The predicted molar refractivity (Wildman–Crippen MR) is 110 cm³/mol. The number of imidazole rings is 1. The van der Waals surface area contributed by atoms with Crippen molar-refractivity contribution < 1.29 is 4.79 Å². The summed E-state index contributed by atoms with van der Waals surface area (Å²) in [5, 5.41) is 1.23. The van der Waals surface area contributed by atoms with E-state index >= 15 is 0 Å². The molecule has 1 saturated heterocycles. The third-order valence-electron chi connectivity index (χ3n) is 6.35. The minimum absolute atomic E-state index is 0.278. The van der Waals surface area contributed by atoms with Gasteiger partial charge in [-0.3, -0.25) is 4.79 Å². The van der Waals surface area contributed by atoms with E-state index in [1.54, 1.807) is 0 Å². The molecule has 2 aliphatic rings. The number of nitrogens with one attached hydrogen (secondary N) is 1. The first kappa shape index (κ1) is 17.5. The molecule has 2 aromatic heterocycles. The molecule has 1 amide bonds. The molecule has 1 unspecified atom stereocenters. The third-order valence-corrected chi connectivity index (χ3v) is 6.35. The molecule has 5 nitrogen and oxygen atoms in total. The lowest BCUT2D eigenvalue weighted by atomic mass is 10.0. The van der Waals surface area contributed by atoms with Gasteiger partial charge in [0.25, 0.3) is 0 Å². The van der Waals surface area contributed by atoms with Gasteiger partial charge >= 0.3 is 0 Å². The number of aromatic amines is 1. The minimum Gasteiger partial charge on any atom is -0.361 e. The Kier molecular flexibility index (Phi) is 4.46. The van der Waals surface area contributed by atoms with Gasteiger partial charge in [0.2, 0.25) is 5.91 Å². The largest absolute Gasteiger partial charge is 0.361 e. The second-order valence-corrected chi connectivity index (χ2v) is 8.40. The fraction of sp³-hybridized carbons (Fsp3) is 0.478. The Morgan fingerprint density at radius 3 is 2.96 bits per heavy atom. The number of fused-ring (bicyclic) bond motifs is 1. The Hall–Kier alpha value is -2.56. The first-order chi connectivity index (χ1) is 13.7. The molecule has 5 heteroatoms. The van der Waals surface area contributed by atoms with Crippen LogP contribution in [-0.4, -0.2) is 38.4 Å². The van der Waals surface area contributed by atoms with Gasteiger partial charge in [-0.2, -0.15) is 0 Å². The zero-order valence-corrected chi connectivity index (χ0v) is 16.5. The van der Waals surface area contributed by atoms with Crippen molar-refractivity contribution in [2.45, 2.75) is 57.4 Å². The van der Waals surface area contributed by atoms with Gasteiger partial charge in [-0.15, -0.1) is 0 Å². The minimum atomic E-state index is 0.278. The lowest BCUT2D eigenvalue weighted by molar-refractivity contribution is -0.132. The van der Waals surface area contributed by atoms with Crippen molar-refractivity contribution in [1.29, 1.82) is 0 Å². The monoisotopic (exact) mass is 376 g/mol. The van der Waals surface area contributed by atoms with E-state index in [4.69, 9.17) is 0 Å². The van der Waals surface area contributed by atoms with E-state index in [1.807, 2.05) is 18.5 Å². The standard InChI is InChI=1S/C23H28N4O/c1-16-13-25-23(17-8-9-17)27(16)19-5-4-12-26(15-19)22(28)11-10-18-14-24-21-7-3-2-6-20(18)21/h2-3,6-7,13-14,17,19,24H,4-5,8-12,15H2,1H3. The molecule has 1 aliphatic carbocycles. The van der Waals surface area contributed by atoms with Gasteiger partial charge in [-0.05, 0) is 50.7 Å². The molecule has 1 atom stereocenters. The topological polar surface area (TPSA) is 53.9 Å². The highest BCUT2D eigenvalue weighted by Gasteiger charge is 2.33. The quantitative estimate of drug-likeness (QED) is 0.720. The second-order valence-electron chi connectivity index (χ2n) is 8.40. The van der Waals surface area contributed by atoms with Crippen molar-refractivity contribution in [2.75, 3.05) is 13.1 Å². The van der Waals surface area contributed by atoms with Crippen molar-refractivity contribution in [3.63, 3.8) is 0 Å². The van der Waals surface area contributed by atoms with Crippen LogP contribution in [0.15, 0.2) is 36.7 Å². The molecule has 1 N–H and O–H groups in total. The number of piperidine rings is 1. The van der Waals surface area contributed by atoms with Crippen molar-refractivity contribution >= 4 is 16.8 Å². The molecule has 1 saturated carbocycles. The fourth-order valence-corrected chi connectivity index (χ4v) is 4.71. The maximum atomic E-state index is 13.0. The van der Waals surface area contributed by atoms with Crippen LogP contribution >= 0.6 is 0 Å². The predicted octanol–water partition coefficient (Wildman–Crippen LogP) is 4.35.